The summed E-state index contributed by atoms with van der Waals surface area (Å²) in [6.45, 7) is 0. The third kappa shape index (κ3) is 4.97. The van der Waals surface area contributed by atoms with Gasteiger partial charge < -0.3 is 19.7 Å². The molecule has 0 unspecified atom stereocenters. The number of aryl methyl sites for hydroxylation is 1. The van der Waals surface area contributed by atoms with Gasteiger partial charge in [0.2, 0.25) is 5.91 Å². The van der Waals surface area contributed by atoms with Gasteiger partial charge in [0.15, 0.2) is 11.5 Å². The summed E-state index contributed by atoms with van der Waals surface area (Å²) in [7, 11) is 6.16. The normalized spacial score (nSPS) is 10.3. The van der Waals surface area contributed by atoms with E-state index in [9.17, 15) is 14.0 Å². The number of hydrogen-bond acceptors (Lipinski definition) is 4. The van der Waals surface area contributed by atoms with Crippen molar-refractivity contribution in [3.05, 3.63) is 53.3 Å². The van der Waals surface area contributed by atoms with Gasteiger partial charge in [-0.2, -0.15) is 0 Å². The number of rotatable bonds is 7. The molecule has 0 radical (unpaired) electrons. The van der Waals surface area contributed by atoms with Gasteiger partial charge in [-0.1, -0.05) is 18.2 Å². The fourth-order valence-electron chi connectivity index (χ4n) is 2.56. The van der Waals surface area contributed by atoms with Crippen LogP contribution in [0.3, 0.4) is 0 Å². The van der Waals surface area contributed by atoms with Crippen LogP contribution < -0.4 is 14.8 Å². The zero-order chi connectivity index (χ0) is 20.0. The molecular weight excluding hydrogens is 351 g/mol. The number of methoxy groups -OCH3 is 2. The molecule has 27 heavy (non-hydrogen) atoms. The molecule has 1 N–H and O–H groups in total. The molecule has 6 nitrogen and oxygen atoms in total. The second kappa shape index (κ2) is 9.02. The lowest BCUT2D eigenvalue weighted by Crippen LogP contribution is -2.24. The molecule has 0 fully saturated rings. The predicted octanol–water partition coefficient (Wildman–Crippen LogP) is 3.12. The molecule has 0 spiro atoms. The molecule has 0 heterocycles. The van der Waals surface area contributed by atoms with Gasteiger partial charge >= 0.3 is 0 Å². The first kappa shape index (κ1) is 20.2. The van der Waals surface area contributed by atoms with Gasteiger partial charge in [0.25, 0.3) is 5.91 Å². The minimum atomic E-state index is -0.347. The Balaban J connectivity index is 2.23. The summed E-state index contributed by atoms with van der Waals surface area (Å²) in [5.74, 6) is -0.206. The zero-order valence-corrected chi connectivity index (χ0v) is 15.8. The summed E-state index contributed by atoms with van der Waals surface area (Å²) in [5, 5.41) is 2.72. The number of hydrogen-bond donors (Lipinski definition) is 1. The van der Waals surface area contributed by atoms with Crippen LogP contribution in [0.2, 0.25) is 0 Å². The molecule has 0 saturated heterocycles. The lowest BCUT2D eigenvalue weighted by atomic mass is 10.1. The van der Waals surface area contributed by atoms with Crippen molar-refractivity contribution < 1.29 is 23.5 Å². The Hall–Kier alpha value is -3.09. The number of nitrogens with one attached hydrogen (secondary N) is 1. The molecule has 0 aliphatic rings. The van der Waals surface area contributed by atoms with Crippen LogP contribution in [-0.2, 0) is 11.2 Å². The molecule has 7 heteroatoms. The SMILES string of the molecule is COc1cc(NC(=O)CCc2ccccc2F)c(C(=O)N(C)C)cc1OC. The van der Waals surface area contributed by atoms with E-state index >= 15 is 0 Å². The summed E-state index contributed by atoms with van der Waals surface area (Å²) in [6.07, 6.45) is 0.327. The Kier molecular flexibility index (Phi) is 6.76. The van der Waals surface area contributed by atoms with Crippen LogP contribution in [0, 0.1) is 5.82 Å². The quantitative estimate of drug-likeness (QED) is 0.809. The molecule has 144 valence electrons. The molecule has 2 rings (SSSR count). The van der Waals surface area contributed by atoms with Crippen molar-refractivity contribution in [1.29, 1.82) is 0 Å². The van der Waals surface area contributed by atoms with Crippen LogP contribution in [0.5, 0.6) is 11.5 Å². The summed E-state index contributed by atoms with van der Waals surface area (Å²) < 4.78 is 24.2. The van der Waals surface area contributed by atoms with Crippen molar-refractivity contribution in [3.63, 3.8) is 0 Å². The topological polar surface area (TPSA) is 67.9 Å². The summed E-state index contributed by atoms with van der Waals surface area (Å²) in [6, 6.07) is 9.37. The lowest BCUT2D eigenvalue weighted by Gasteiger charge is -2.18. The highest BCUT2D eigenvalue weighted by Gasteiger charge is 2.20. The number of ether oxygens (including phenoxy) is 2. The van der Waals surface area contributed by atoms with Gasteiger partial charge in [-0.3, -0.25) is 9.59 Å². The predicted molar refractivity (Wildman–Crippen MR) is 101 cm³/mol. The van der Waals surface area contributed by atoms with Crippen LogP contribution in [0.4, 0.5) is 10.1 Å². The Bertz CT molecular complexity index is 837. The number of amides is 2. The van der Waals surface area contributed by atoms with E-state index in [0.717, 1.165) is 0 Å². The first-order valence-corrected chi connectivity index (χ1v) is 8.38. The van der Waals surface area contributed by atoms with Crippen LogP contribution in [0.25, 0.3) is 0 Å². The summed E-state index contributed by atoms with van der Waals surface area (Å²) >= 11 is 0. The second-order valence-electron chi connectivity index (χ2n) is 6.09. The molecule has 0 saturated carbocycles. The average Bonchev–Trinajstić information content (AvgIpc) is 2.66. The summed E-state index contributed by atoms with van der Waals surface area (Å²) in [5.41, 5.74) is 1.05. The molecule has 0 aromatic heterocycles. The first-order chi connectivity index (χ1) is 12.9. The molecule has 2 aromatic carbocycles. The van der Waals surface area contributed by atoms with E-state index in [2.05, 4.69) is 5.32 Å². The Morgan fingerprint density at radius 1 is 1.07 bits per heavy atom. The number of halogens is 1. The van der Waals surface area contributed by atoms with E-state index in [1.165, 1.54) is 37.3 Å². The van der Waals surface area contributed by atoms with Crippen molar-refractivity contribution >= 4 is 17.5 Å². The van der Waals surface area contributed by atoms with E-state index in [1.807, 2.05) is 0 Å². The molecule has 0 aliphatic heterocycles. The van der Waals surface area contributed by atoms with Crippen LogP contribution in [0.1, 0.15) is 22.3 Å². The smallest absolute Gasteiger partial charge is 0.255 e. The fourth-order valence-corrected chi connectivity index (χ4v) is 2.56. The van der Waals surface area contributed by atoms with Gasteiger partial charge in [-0.25, -0.2) is 4.39 Å². The van der Waals surface area contributed by atoms with E-state index in [-0.39, 0.29) is 36.0 Å². The van der Waals surface area contributed by atoms with Gasteiger partial charge in [0, 0.05) is 26.6 Å². The molecule has 0 bridgehead atoms. The minimum absolute atomic E-state index is 0.0743. The number of carbonyl (C=O) groups is 2. The van der Waals surface area contributed by atoms with Gasteiger partial charge in [-0.05, 0) is 24.1 Å². The maximum absolute atomic E-state index is 13.7. The average molecular weight is 374 g/mol. The third-order valence-corrected chi connectivity index (χ3v) is 4.01. The number of carbonyl (C=O) groups excluding carboxylic acids is 2. The van der Waals surface area contributed by atoms with Crippen LogP contribution in [-0.4, -0.2) is 45.0 Å². The van der Waals surface area contributed by atoms with Crippen LogP contribution >= 0.6 is 0 Å². The summed E-state index contributed by atoms with van der Waals surface area (Å²) in [4.78, 5) is 26.2. The highest BCUT2D eigenvalue weighted by atomic mass is 19.1. The van der Waals surface area contributed by atoms with Crippen molar-refractivity contribution in [2.45, 2.75) is 12.8 Å². The Morgan fingerprint density at radius 2 is 1.70 bits per heavy atom. The maximum Gasteiger partial charge on any atom is 0.255 e. The monoisotopic (exact) mass is 374 g/mol. The van der Waals surface area contributed by atoms with Crippen molar-refractivity contribution in [2.24, 2.45) is 0 Å². The first-order valence-electron chi connectivity index (χ1n) is 8.38. The van der Waals surface area contributed by atoms with Crippen LogP contribution in [0.15, 0.2) is 36.4 Å². The Labute approximate surface area is 157 Å². The van der Waals surface area contributed by atoms with E-state index < -0.39 is 0 Å². The molecule has 2 amide bonds. The lowest BCUT2D eigenvalue weighted by molar-refractivity contribution is -0.116. The van der Waals surface area contributed by atoms with Gasteiger partial charge in [-0.15, -0.1) is 0 Å². The minimum Gasteiger partial charge on any atom is -0.493 e. The maximum atomic E-state index is 13.7. The number of anilines is 1. The highest BCUT2D eigenvalue weighted by molar-refractivity contribution is 6.04. The largest absolute Gasteiger partial charge is 0.493 e. The van der Waals surface area contributed by atoms with Crippen molar-refractivity contribution in [2.75, 3.05) is 33.6 Å². The van der Waals surface area contributed by atoms with Crippen molar-refractivity contribution in [3.8, 4) is 11.5 Å². The van der Waals surface area contributed by atoms with E-state index in [1.54, 1.807) is 32.3 Å². The second-order valence-corrected chi connectivity index (χ2v) is 6.09. The number of benzene rings is 2. The van der Waals surface area contributed by atoms with Crippen molar-refractivity contribution in [1.82, 2.24) is 4.90 Å². The third-order valence-electron chi connectivity index (χ3n) is 4.01. The molecule has 0 atom stereocenters. The highest BCUT2D eigenvalue weighted by Crippen LogP contribution is 2.34. The fraction of sp³-hybridized carbons (Fsp3) is 0.300. The molecular formula is C20H23FN2O4. The van der Waals surface area contributed by atoms with E-state index in [4.69, 9.17) is 9.47 Å². The zero-order valence-electron chi connectivity index (χ0n) is 15.8. The van der Waals surface area contributed by atoms with E-state index in [0.29, 0.717) is 22.7 Å². The standard InChI is InChI=1S/C20H23FN2O4/c1-23(2)20(25)14-11-17(26-3)18(27-4)12-16(14)22-19(24)10-9-13-7-5-6-8-15(13)21/h5-8,11-12H,9-10H2,1-4H3,(H,22,24). The Morgan fingerprint density at radius 3 is 2.30 bits per heavy atom. The molecule has 2 aromatic rings. The van der Waals surface area contributed by atoms with Gasteiger partial charge in [0.1, 0.15) is 5.82 Å². The molecule has 0 aliphatic carbocycles. The van der Waals surface area contributed by atoms with Gasteiger partial charge in [0.05, 0.1) is 25.5 Å². The number of nitrogens with zero attached hydrogens (tertiary/aromatic N) is 1.